The molecular weight excluding hydrogens is 310 g/mol. The predicted molar refractivity (Wildman–Crippen MR) is 93.2 cm³/mol. The highest BCUT2D eigenvalue weighted by Gasteiger charge is 2.29. The van der Waals surface area contributed by atoms with Gasteiger partial charge in [-0.15, -0.1) is 11.3 Å². The van der Waals surface area contributed by atoms with Crippen LogP contribution in [0.15, 0.2) is 35.4 Å². The topological polar surface area (TPSA) is 69.4 Å². The standard InChI is InChI=1S/C17H19N3O2S/c1-3-8-20-9-14(21)15(16(20)18)17-19-13(10-23-17)11-4-6-12(22-2)7-5-11/h4-7,10,18,21H,3,8-9H2,1-2H3. The summed E-state index contributed by atoms with van der Waals surface area (Å²) in [4.78, 5) is 6.48. The van der Waals surface area contributed by atoms with Crippen molar-refractivity contribution in [1.82, 2.24) is 9.88 Å². The highest BCUT2D eigenvalue weighted by Crippen LogP contribution is 2.32. The number of aliphatic hydroxyl groups is 1. The van der Waals surface area contributed by atoms with Crippen LogP contribution < -0.4 is 4.74 Å². The second-order valence-electron chi connectivity index (χ2n) is 5.36. The van der Waals surface area contributed by atoms with Crippen LogP contribution in [0.2, 0.25) is 0 Å². The van der Waals surface area contributed by atoms with Gasteiger partial charge in [0, 0.05) is 17.5 Å². The molecule has 1 aliphatic rings. The van der Waals surface area contributed by atoms with Gasteiger partial charge in [0.05, 0.1) is 24.9 Å². The fourth-order valence-electron chi connectivity index (χ4n) is 2.60. The Bertz CT molecular complexity index is 749. The first-order valence-corrected chi connectivity index (χ1v) is 8.38. The first-order chi connectivity index (χ1) is 11.1. The molecule has 120 valence electrons. The fraction of sp³-hybridized carbons (Fsp3) is 0.294. The van der Waals surface area contributed by atoms with E-state index in [1.807, 2.05) is 34.5 Å². The maximum atomic E-state index is 10.2. The summed E-state index contributed by atoms with van der Waals surface area (Å²) in [6.45, 7) is 3.23. The van der Waals surface area contributed by atoms with E-state index in [-0.39, 0.29) is 5.76 Å². The molecule has 0 radical (unpaired) electrons. The number of amidine groups is 1. The van der Waals surface area contributed by atoms with Crippen molar-refractivity contribution in [2.75, 3.05) is 20.2 Å². The molecule has 0 amide bonds. The molecular formula is C17H19N3O2S. The van der Waals surface area contributed by atoms with Crippen molar-refractivity contribution in [3.8, 4) is 17.0 Å². The van der Waals surface area contributed by atoms with E-state index in [1.165, 1.54) is 11.3 Å². The van der Waals surface area contributed by atoms with Gasteiger partial charge in [-0.05, 0) is 30.7 Å². The quantitative estimate of drug-likeness (QED) is 0.875. The van der Waals surface area contributed by atoms with Gasteiger partial charge in [0.25, 0.3) is 0 Å². The molecule has 2 heterocycles. The van der Waals surface area contributed by atoms with Crippen LogP contribution >= 0.6 is 11.3 Å². The lowest BCUT2D eigenvalue weighted by Crippen LogP contribution is -2.27. The third kappa shape index (κ3) is 2.94. The van der Waals surface area contributed by atoms with Crippen molar-refractivity contribution in [2.45, 2.75) is 13.3 Å². The Labute approximate surface area is 139 Å². The van der Waals surface area contributed by atoms with Gasteiger partial charge in [-0.25, -0.2) is 4.98 Å². The minimum atomic E-state index is 0.235. The zero-order valence-electron chi connectivity index (χ0n) is 13.2. The van der Waals surface area contributed by atoms with Crippen LogP contribution in [0.5, 0.6) is 5.75 Å². The molecule has 0 saturated carbocycles. The summed E-state index contributed by atoms with van der Waals surface area (Å²) in [5.74, 6) is 1.40. The van der Waals surface area contributed by atoms with E-state index in [2.05, 4.69) is 11.9 Å². The molecule has 0 unspecified atom stereocenters. The van der Waals surface area contributed by atoms with Crippen molar-refractivity contribution in [3.05, 3.63) is 40.4 Å². The fourth-order valence-corrected chi connectivity index (χ4v) is 3.50. The third-order valence-electron chi connectivity index (χ3n) is 3.78. The molecule has 0 fully saturated rings. The van der Waals surface area contributed by atoms with Gasteiger partial charge < -0.3 is 14.7 Å². The van der Waals surface area contributed by atoms with Gasteiger partial charge in [-0.3, -0.25) is 5.41 Å². The van der Waals surface area contributed by atoms with Crippen LogP contribution in [0.25, 0.3) is 16.8 Å². The van der Waals surface area contributed by atoms with Crippen LogP contribution in [0.1, 0.15) is 18.4 Å². The highest BCUT2D eigenvalue weighted by molar-refractivity contribution is 7.11. The summed E-state index contributed by atoms with van der Waals surface area (Å²) in [6.07, 6.45) is 0.942. The van der Waals surface area contributed by atoms with E-state index in [1.54, 1.807) is 7.11 Å². The van der Waals surface area contributed by atoms with Gasteiger partial charge in [0.1, 0.15) is 22.4 Å². The Morgan fingerprint density at radius 3 is 2.74 bits per heavy atom. The van der Waals surface area contributed by atoms with Crippen molar-refractivity contribution < 1.29 is 9.84 Å². The van der Waals surface area contributed by atoms with Gasteiger partial charge in [0.15, 0.2) is 0 Å². The number of ether oxygens (including phenoxy) is 1. The van der Waals surface area contributed by atoms with E-state index >= 15 is 0 Å². The van der Waals surface area contributed by atoms with E-state index in [0.29, 0.717) is 23.0 Å². The number of aromatic nitrogens is 1. The van der Waals surface area contributed by atoms with Crippen LogP contribution in [0, 0.1) is 5.41 Å². The Hall–Kier alpha value is -2.34. The average molecular weight is 329 g/mol. The maximum absolute atomic E-state index is 10.2. The Morgan fingerprint density at radius 2 is 2.09 bits per heavy atom. The van der Waals surface area contributed by atoms with E-state index < -0.39 is 0 Å². The summed E-state index contributed by atoms with van der Waals surface area (Å²) in [5.41, 5.74) is 2.39. The SMILES string of the molecule is CCCN1CC(O)=C(c2nc(-c3ccc(OC)cc3)cs2)C1=N. The summed E-state index contributed by atoms with van der Waals surface area (Å²) in [5, 5.41) is 21.1. The number of rotatable bonds is 5. The Kier molecular flexibility index (Phi) is 4.34. The van der Waals surface area contributed by atoms with Gasteiger partial charge in [-0.2, -0.15) is 0 Å². The highest BCUT2D eigenvalue weighted by atomic mass is 32.1. The van der Waals surface area contributed by atoms with Gasteiger partial charge in [0.2, 0.25) is 0 Å². The summed E-state index contributed by atoms with van der Waals surface area (Å²) in [6, 6.07) is 7.70. The number of aliphatic hydroxyl groups excluding tert-OH is 1. The largest absolute Gasteiger partial charge is 0.510 e. The molecule has 0 aliphatic carbocycles. The monoisotopic (exact) mass is 329 g/mol. The van der Waals surface area contributed by atoms with Gasteiger partial charge >= 0.3 is 0 Å². The van der Waals surface area contributed by atoms with Crippen LogP contribution in [-0.2, 0) is 0 Å². The Morgan fingerprint density at radius 1 is 1.35 bits per heavy atom. The van der Waals surface area contributed by atoms with Gasteiger partial charge in [-0.1, -0.05) is 6.92 Å². The number of hydrogen-bond donors (Lipinski definition) is 2. The summed E-state index contributed by atoms with van der Waals surface area (Å²) >= 11 is 1.45. The molecule has 2 N–H and O–H groups in total. The van der Waals surface area contributed by atoms with E-state index in [9.17, 15) is 5.11 Å². The second kappa shape index (κ2) is 6.42. The molecule has 2 aromatic rings. The molecule has 0 spiro atoms. The summed E-state index contributed by atoms with van der Waals surface area (Å²) in [7, 11) is 1.64. The third-order valence-corrected chi connectivity index (χ3v) is 4.64. The lowest BCUT2D eigenvalue weighted by Gasteiger charge is -2.16. The zero-order chi connectivity index (χ0) is 16.4. The smallest absolute Gasteiger partial charge is 0.135 e. The predicted octanol–water partition coefficient (Wildman–Crippen LogP) is 3.79. The van der Waals surface area contributed by atoms with Crippen LogP contribution in [0.4, 0.5) is 0 Å². The first-order valence-electron chi connectivity index (χ1n) is 7.50. The first kappa shape index (κ1) is 15.6. The lowest BCUT2D eigenvalue weighted by molar-refractivity contribution is 0.350. The molecule has 1 aromatic heterocycles. The normalized spacial score (nSPS) is 14.7. The number of thiazole rings is 1. The Balaban J connectivity index is 1.87. The zero-order valence-corrected chi connectivity index (χ0v) is 14.0. The minimum absolute atomic E-state index is 0.235. The van der Waals surface area contributed by atoms with Crippen molar-refractivity contribution in [1.29, 1.82) is 5.41 Å². The maximum Gasteiger partial charge on any atom is 0.135 e. The molecule has 5 nitrogen and oxygen atoms in total. The number of nitrogens with zero attached hydrogens (tertiary/aromatic N) is 2. The van der Waals surface area contributed by atoms with Crippen molar-refractivity contribution in [2.24, 2.45) is 0 Å². The molecule has 0 atom stereocenters. The number of hydrogen-bond acceptors (Lipinski definition) is 5. The number of benzene rings is 1. The van der Waals surface area contributed by atoms with E-state index in [4.69, 9.17) is 10.1 Å². The molecule has 1 aromatic carbocycles. The summed E-state index contributed by atoms with van der Waals surface area (Å²) < 4.78 is 5.16. The second-order valence-corrected chi connectivity index (χ2v) is 6.22. The molecule has 6 heteroatoms. The molecule has 1 aliphatic heterocycles. The lowest BCUT2D eigenvalue weighted by atomic mass is 10.1. The number of nitrogens with one attached hydrogen (secondary N) is 1. The van der Waals surface area contributed by atoms with E-state index in [0.717, 1.165) is 30.0 Å². The molecule has 3 rings (SSSR count). The number of methoxy groups -OCH3 is 1. The van der Waals surface area contributed by atoms with Crippen molar-refractivity contribution in [3.63, 3.8) is 0 Å². The van der Waals surface area contributed by atoms with Crippen molar-refractivity contribution >= 4 is 22.7 Å². The molecule has 23 heavy (non-hydrogen) atoms. The minimum Gasteiger partial charge on any atom is -0.510 e. The average Bonchev–Trinajstić information content (AvgIpc) is 3.13. The molecule has 0 bridgehead atoms. The van der Waals surface area contributed by atoms with Crippen LogP contribution in [0.3, 0.4) is 0 Å². The van der Waals surface area contributed by atoms with Crippen LogP contribution in [-0.4, -0.2) is 41.0 Å². The molecule has 0 saturated heterocycles.